The number of hydrogen-bond acceptors (Lipinski definition) is 3. The van der Waals surface area contributed by atoms with Crippen molar-refractivity contribution in [3.05, 3.63) is 34.3 Å². The Morgan fingerprint density at radius 3 is 2.65 bits per heavy atom. The third kappa shape index (κ3) is 6.15. The van der Waals surface area contributed by atoms with Crippen molar-refractivity contribution in [2.24, 2.45) is 0 Å². The Morgan fingerprint density at radius 2 is 2.00 bits per heavy atom. The maximum absolute atomic E-state index is 12.4. The average molecular weight is 383 g/mol. The van der Waals surface area contributed by atoms with Crippen molar-refractivity contribution in [1.82, 2.24) is 10.2 Å². The summed E-state index contributed by atoms with van der Waals surface area (Å²) in [5.41, 5.74) is 0.803. The molecule has 1 aromatic rings. The lowest BCUT2D eigenvalue weighted by atomic mass is 10.0. The fourth-order valence-corrected chi connectivity index (χ4v) is 3.02. The van der Waals surface area contributed by atoms with Gasteiger partial charge in [-0.3, -0.25) is 0 Å². The molecule has 1 aliphatic rings. The minimum atomic E-state index is -0.441. The number of nitrogens with one attached hydrogen (secondary N) is 1. The molecule has 0 aliphatic carbocycles. The lowest BCUT2D eigenvalue weighted by molar-refractivity contribution is 0.00993. The van der Waals surface area contributed by atoms with Gasteiger partial charge in [-0.25, -0.2) is 4.79 Å². The molecule has 1 fully saturated rings. The Hall–Kier alpha value is -1.07. The number of amides is 1. The molecule has 5 heteroatoms. The molecule has 1 amide bonds. The molecule has 0 aromatic heterocycles. The Kier molecular flexibility index (Phi) is 6.48. The second kappa shape index (κ2) is 8.15. The second-order valence-electron chi connectivity index (χ2n) is 7.08. The first-order valence-electron chi connectivity index (χ1n) is 8.30. The van der Waals surface area contributed by atoms with Crippen LogP contribution in [0.25, 0.3) is 0 Å². The molecular formula is C18H27BrN2O2. The highest BCUT2D eigenvalue weighted by Gasteiger charge is 2.30. The van der Waals surface area contributed by atoms with Crippen LogP contribution in [0.4, 0.5) is 4.79 Å². The van der Waals surface area contributed by atoms with Crippen molar-refractivity contribution < 1.29 is 9.53 Å². The zero-order chi connectivity index (χ0) is 16.9. The van der Waals surface area contributed by atoms with Gasteiger partial charge in [-0.05, 0) is 57.7 Å². The van der Waals surface area contributed by atoms with Crippen LogP contribution >= 0.6 is 15.9 Å². The molecule has 1 aromatic carbocycles. The summed E-state index contributed by atoms with van der Waals surface area (Å²) in [5, 5.41) is 3.47. The number of nitrogens with zero attached hydrogens (tertiary/aromatic N) is 1. The lowest BCUT2D eigenvalue weighted by Crippen LogP contribution is -2.50. The van der Waals surface area contributed by atoms with Crippen molar-refractivity contribution >= 4 is 22.0 Å². The molecule has 1 heterocycles. The molecule has 0 spiro atoms. The van der Waals surface area contributed by atoms with Crippen LogP contribution in [-0.2, 0) is 11.3 Å². The lowest BCUT2D eigenvalue weighted by Gasteiger charge is -2.37. The summed E-state index contributed by atoms with van der Waals surface area (Å²) in [4.78, 5) is 14.3. The number of carbonyl (C=O) groups is 1. The van der Waals surface area contributed by atoms with Gasteiger partial charge in [0.05, 0.1) is 0 Å². The van der Waals surface area contributed by atoms with Gasteiger partial charge < -0.3 is 15.0 Å². The van der Waals surface area contributed by atoms with E-state index in [9.17, 15) is 4.79 Å². The molecule has 0 unspecified atom stereocenters. The van der Waals surface area contributed by atoms with Crippen molar-refractivity contribution in [3.8, 4) is 0 Å². The highest BCUT2D eigenvalue weighted by atomic mass is 79.9. The zero-order valence-corrected chi connectivity index (χ0v) is 15.9. The maximum atomic E-state index is 12.4. The minimum absolute atomic E-state index is 0.187. The van der Waals surface area contributed by atoms with Crippen LogP contribution in [0.3, 0.4) is 0 Å². The summed E-state index contributed by atoms with van der Waals surface area (Å²) in [6.07, 6.45) is 3.08. The van der Waals surface area contributed by atoms with E-state index in [2.05, 4.69) is 33.4 Å². The molecule has 4 nitrogen and oxygen atoms in total. The van der Waals surface area contributed by atoms with Gasteiger partial charge in [-0.15, -0.1) is 0 Å². The molecule has 0 bridgehead atoms. The zero-order valence-electron chi connectivity index (χ0n) is 14.3. The van der Waals surface area contributed by atoms with E-state index >= 15 is 0 Å². The first-order valence-corrected chi connectivity index (χ1v) is 9.09. The molecular weight excluding hydrogens is 356 g/mol. The normalized spacial score (nSPS) is 18.8. The van der Waals surface area contributed by atoms with Gasteiger partial charge in [0.15, 0.2) is 0 Å². The molecule has 0 saturated carbocycles. The smallest absolute Gasteiger partial charge is 0.410 e. The topological polar surface area (TPSA) is 41.6 Å². The van der Waals surface area contributed by atoms with Crippen LogP contribution in [0.5, 0.6) is 0 Å². The molecule has 2 rings (SSSR count). The van der Waals surface area contributed by atoms with E-state index < -0.39 is 5.60 Å². The van der Waals surface area contributed by atoms with E-state index in [0.29, 0.717) is 0 Å². The van der Waals surface area contributed by atoms with Crippen molar-refractivity contribution in [3.63, 3.8) is 0 Å². The molecule has 128 valence electrons. The standard InChI is InChI=1S/C18H27BrN2O2/c1-18(2,3)23-17(22)21-11-5-4-6-16(21)13-20-12-14-7-9-15(19)10-8-14/h7-10,16,20H,4-6,11-13H2,1-3H3/t16-/m0/s1. The molecule has 1 aliphatic heterocycles. The third-order valence-corrected chi connectivity index (χ3v) is 4.41. The molecule has 0 radical (unpaired) electrons. The van der Waals surface area contributed by atoms with Crippen LogP contribution in [0, 0.1) is 0 Å². The SMILES string of the molecule is CC(C)(C)OC(=O)N1CCCC[C@H]1CNCc1ccc(Br)cc1. The third-order valence-electron chi connectivity index (χ3n) is 3.88. The van der Waals surface area contributed by atoms with Crippen LogP contribution in [0.15, 0.2) is 28.7 Å². The summed E-state index contributed by atoms with van der Waals surface area (Å²) in [6.45, 7) is 8.14. The number of ether oxygens (including phenoxy) is 1. The number of carbonyl (C=O) groups excluding carboxylic acids is 1. The Labute approximate surface area is 147 Å². The summed E-state index contributed by atoms with van der Waals surface area (Å²) >= 11 is 3.45. The van der Waals surface area contributed by atoms with E-state index in [-0.39, 0.29) is 12.1 Å². The van der Waals surface area contributed by atoms with Gasteiger partial charge in [-0.1, -0.05) is 28.1 Å². The van der Waals surface area contributed by atoms with E-state index in [0.717, 1.165) is 36.9 Å². The number of halogens is 1. The van der Waals surface area contributed by atoms with Gasteiger partial charge in [0.25, 0.3) is 0 Å². The highest BCUT2D eigenvalue weighted by molar-refractivity contribution is 9.10. The first-order chi connectivity index (χ1) is 10.8. The first kappa shape index (κ1) is 18.3. The van der Waals surface area contributed by atoms with Gasteiger partial charge in [0, 0.05) is 30.1 Å². The highest BCUT2D eigenvalue weighted by Crippen LogP contribution is 2.20. The van der Waals surface area contributed by atoms with Crippen LogP contribution in [-0.4, -0.2) is 35.7 Å². The van der Waals surface area contributed by atoms with Crippen LogP contribution < -0.4 is 5.32 Å². The van der Waals surface area contributed by atoms with E-state index in [1.165, 1.54) is 12.0 Å². The summed E-state index contributed by atoms with van der Waals surface area (Å²) in [5.74, 6) is 0. The van der Waals surface area contributed by atoms with Gasteiger partial charge >= 0.3 is 6.09 Å². The van der Waals surface area contributed by atoms with Gasteiger partial charge in [0.1, 0.15) is 5.60 Å². The molecule has 1 N–H and O–H groups in total. The van der Waals surface area contributed by atoms with Crippen molar-refractivity contribution in [1.29, 1.82) is 0 Å². The maximum Gasteiger partial charge on any atom is 0.410 e. The Balaban J connectivity index is 1.86. The average Bonchev–Trinajstić information content (AvgIpc) is 2.48. The number of rotatable bonds is 4. The second-order valence-corrected chi connectivity index (χ2v) is 8.00. The Morgan fingerprint density at radius 1 is 1.30 bits per heavy atom. The largest absolute Gasteiger partial charge is 0.444 e. The monoisotopic (exact) mass is 382 g/mol. The predicted molar refractivity (Wildman–Crippen MR) is 96.4 cm³/mol. The molecule has 1 saturated heterocycles. The fraction of sp³-hybridized carbons (Fsp3) is 0.611. The number of piperidine rings is 1. The molecule has 1 atom stereocenters. The van der Waals surface area contributed by atoms with Crippen LogP contribution in [0.1, 0.15) is 45.6 Å². The van der Waals surface area contributed by atoms with Crippen LogP contribution in [0.2, 0.25) is 0 Å². The number of likely N-dealkylation sites (tertiary alicyclic amines) is 1. The Bertz CT molecular complexity index is 511. The van der Waals surface area contributed by atoms with Crippen molar-refractivity contribution in [2.75, 3.05) is 13.1 Å². The van der Waals surface area contributed by atoms with Gasteiger partial charge in [-0.2, -0.15) is 0 Å². The number of hydrogen-bond donors (Lipinski definition) is 1. The number of benzene rings is 1. The van der Waals surface area contributed by atoms with E-state index in [1.54, 1.807) is 0 Å². The fourth-order valence-electron chi connectivity index (χ4n) is 2.76. The van der Waals surface area contributed by atoms with E-state index in [4.69, 9.17) is 4.74 Å². The molecule has 23 heavy (non-hydrogen) atoms. The predicted octanol–water partition coefficient (Wildman–Crippen LogP) is 4.33. The van der Waals surface area contributed by atoms with E-state index in [1.807, 2.05) is 37.8 Å². The minimum Gasteiger partial charge on any atom is -0.444 e. The van der Waals surface area contributed by atoms with Gasteiger partial charge in [0.2, 0.25) is 0 Å². The quantitative estimate of drug-likeness (QED) is 0.842. The summed E-state index contributed by atoms with van der Waals surface area (Å²) in [7, 11) is 0. The summed E-state index contributed by atoms with van der Waals surface area (Å²) < 4.78 is 6.63. The summed E-state index contributed by atoms with van der Waals surface area (Å²) in [6, 6.07) is 8.51. The van der Waals surface area contributed by atoms with Crippen molar-refractivity contribution in [2.45, 2.75) is 58.2 Å².